The number of nitrogens with two attached hydrogens (primary N) is 2. The molecule has 1 heterocycles. The number of carbonyl (C=O) groups excluding carboxylic acids is 1. The average molecular weight is 498 g/mol. The third-order valence-electron chi connectivity index (χ3n) is 5.18. The first kappa shape index (κ1) is 25.7. The Bertz CT molecular complexity index is 1270. The molecule has 7 N–H and O–H groups in total. The molecule has 1 unspecified atom stereocenters. The molecule has 1 aliphatic rings. The SMILES string of the molecule is NC(N)=Nc1ccc(C(=O)Oc2ccc(CCC(=O)O)c(C3=NOC(CC(=O)O)(C(=O)O)C3)c2)cc1. The van der Waals surface area contributed by atoms with Gasteiger partial charge in [0.25, 0.3) is 0 Å². The summed E-state index contributed by atoms with van der Waals surface area (Å²) in [6.07, 6.45) is -1.41. The van der Waals surface area contributed by atoms with E-state index in [0.29, 0.717) is 11.3 Å². The Kier molecular flexibility index (Phi) is 7.52. The number of hydrogen-bond donors (Lipinski definition) is 5. The molecule has 36 heavy (non-hydrogen) atoms. The van der Waals surface area contributed by atoms with E-state index in [1.54, 1.807) is 0 Å². The van der Waals surface area contributed by atoms with E-state index in [4.69, 9.17) is 31.3 Å². The highest BCUT2D eigenvalue weighted by molar-refractivity contribution is 6.06. The van der Waals surface area contributed by atoms with Crippen molar-refractivity contribution in [3.8, 4) is 5.75 Å². The number of rotatable bonds is 10. The normalized spacial score (nSPS) is 16.4. The number of esters is 1. The molecular weight excluding hydrogens is 476 g/mol. The lowest BCUT2D eigenvalue weighted by atomic mass is 9.88. The summed E-state index contributed by atoms with van der Waals surface area (Å²) in [5.41, 5.74) is 9.97. The molecule has 13 heteroatoms. The maximum Gasteiger partial charge on any atom is 0.351 e. The molecule has 1 atom stereocenters. The number of carbonyl (C=O) groups is 4. The van der Waals surface area contributed by atoms with Crippen LogP contribution in [0.15, 0.2) is 52.6 Å². The fourth-order valence-electron chi connectivity index (χ4n) is 3.49. The topological polar surface area (TPSA) is 224 Å². The number of carboxylic acid groups (broad SMARTS) is 3. The summed E-state index contributed by atoms with van der Waals surface area (Å²) in [5, 5.41) is 31.5. The van der Waals surface area contributed by atoms with Crippen molar-refractivity contribution < 1.29 is 44.1 Å². The van der Waals surface area contributed by atoms with E-state index in [1.165, 1.54) is 42.5 Å². The van der Waals surface area contributed by atoms with Crippen molar-refractivity contribution in [1.82, 2.24) is 0 Å². The van der Waals surface area contributed by atoms with Gasteiger partial charge >= 0.3 is 23.9 Å². The third-order valence-corrected chi connectivity index (χ3v) is 5.18. The van der Waals surface area contributed by atoms with Crippen LogP contribution in [0.4, 0.5) is 5.69 Å². The summed E-state index contributed by atoms with van der Waals surface area (Å²) >= 11 is 0. The van der Waals surface area contributed by atoms with Gasteiger partial charge in [0.2, 0.25) is 5.60 Å². The standard InChI is InChI=1S/C23H22N4O9/c24-22(25)26-14-5-1-13(2-6-14)20(32)35-15-7-3-12(4-8-18(28)29)16(9-15)17-10-23(21(33)34,36-27-17)11-19(30)31/h1-3,5-7,9H,4,8,10-11H2,(H,28,29)(H,30,31)(H,33,34)(H4,24,25,26). The average Bonchev–Trinajstić information content (AvgIpc) is 3.22. The molecule has 2 aromatic carbocycles. The molecule has 13 nitrogen and oxygen atoms in total. The van der Waals surface area contributed by atoms with Crippen LogP contribution in [0.1, 0.15) is 40.7 Å². The van der Waals surface area contributed by atoms with Crippen molar-refractivity contribution in [2.45, 2.75) is 31.3 Å². The number of oxime groups is 1. The lowest BCUT2D eigenvalue weighted by Crippen LogP contribution is -2.41. The van der Waals surface area contributed by atoms with Gasteiger partial charge in [-0.15, -0.1) is 0 Å². The van der Waals surface area contributed by atoms with E-state index >= 15 is 0 Å². The maximum absolute atomic E-state index is 12.6. The summed E-state index contributed by atoms with van der Waals surface area (Å²) in [5.74, 6) is -4.76. The molecule has 3 rings (SSSR count). The van der Waals surface area contributed by atoms with Crippen LogP contribution in [0.3, 0.4) is 0 Å². The minimum absolute atomic E-state index is 0.0587. The zero-order valence-electron chi connectivity index (χ0n) is 18.7. The van der Waals surface area contributed by atoms with Crippen molar-refractivity contribution in [2.24, 2.45) is 21.6 Å². The maximum atomic E-state index is 12.6. The second kappa shape index (κ2) is 10.5. The Morgan fingerprint density at radius 2 is 1.72 bits per heavy atom. The van der Waals surface area contributed by atoms with E-state index in [-0.39, 0.29) is 41.4 Å². The number of aliphatic carboxylic acids is 3. The van der Waals surface area contributed by atoms with E-state index < -0.39 is 42.3 Å². The Hall–Kier alpha value is -4.94. The predicted molar refractivity (Wildman–Crippen MR) is 124 cm³/mol. The predicted octanol–water partition coefficient (Wildman–Crippen LogP) is 1.25. The van der Waals surface area contributed by atoms with Crippen LogP contribution < -0.4 is 16.2 Å². The number of aliphatic imine (C=N–C) groups is 1. The first-order chi connectivity index (χ1) is 17.0. The van der Waals surface area contributed by atoms with Gasteiger partial charge in [-0.2, -0.15) is 0 Å². The summed E-state index contributed by atoms with van der Waals surface area (Å²) < 4.78 is 5.42. The van der Waals surface area contributed by atoms with Gasteiger partial charge in [-0.05, 0) is 48.4 Å². The highest BCUT2D eigenvalue weighted by Gasteiger charge is 2.49. The number of hydrogen-bond acceptors (Lipinski definition) is 8. The van der Waals surface area contributed by atoms with Gasteiger partial charge in [0.05, 0.1) is 23.4 Å². The molecule has 0 aliphatic carbocycles. The molecule has 2 aromatic rings. The quantitative estimate of drug-likeness (QED) is 0.136. The fourth-order valence-corrected chi connectivity index (χ4v) is 3.49. The minimum Gasteiger partial charge on any atom is -0.481 e. The van der Waals surface area contributed by atoms with Crippen LogP contribution in [-0.4, -0.2) is 56.5 Å². The molecule has 0 amide bonds. The van der Waals surface area contributed by atoms with E-state index in [1.807, 2.05) is 0 Å². The number of guanidine groups is 1. The molecule has 0 bridgehead atoms. The van der Waals surface area contributed by atoms with Crippen LogP contribution >= 0.6 is 0 Å². The molecule has 0 aromatic heterocycles. The van der Waals surface area contributed by atoms with Crippen molar-refractivity contribution in [3.05, 3.63) is 59.2 Å². The Balaban J connectivity index is 1.88. The van der Waals surface area contributed by atoms with E-state index in [2.05, 4.69) is 10.1 Å². The van der Waals surface area contributed by atoms with Gasteiger partial charge in [0.15, 0.2) is 5.96 Å². The second-order valence-corrected chi connectivity index (χ2v) is 7.86. The zero-order valence-corrected chi connectivity index (χ0v) is 18.7. The summed E-state index contributed by atoms with van der Waals surface area (Å²) in [7, 11) is 0. The van der Waals surface area contributed by atoms with E-state index in [0.717, 1.165) is 0 Å². The molecular formula is C23H22N4O9. The smallest absolute Gasteiger partial charge is 0.351 e. The fraction of sp³-hybridized carbons (Fsp3) is 0.217. The van der Waals surface area contributed by atoms with Crippen LogP contribution in [-0.2, 0) is 25.6 Å². The monoisotopic (exact) mass is 498 g/mol. The summed E-state index contributed by atoms with van der Waals surface area (Å²) in [6.45, 7) is 0. The van der Waals surface area contributed by atoms with E-state index in [9.17, 15) is 24.3 Å². The summed E-state index contributed by atoms with van der Waals surface area (Å²) in [4.78, 5) is 55.6. The molecule has 188 valence electrons. The lowest BCUT2D eigenvalue weighted by molar-refractivity contribution is -0.169. The number of nitrogens with zero attached hydrogens (tertiary/aromatic N) is 2. The Morgan fingerprint density at radius 3 is 2.31 bits per heavy atom. The van der Waals surface area contributed by atoms with Gasteiger partial charge < -0.3 is 36.4 Å². The molecule has 0 radical (unpaired) electrons. The number of ether oxygens (including phenoxy) is 1. The highest BCUT2D eigenvalue weighted by atomic mass is 16.7. The van der Waals surface area contributed by atoms with Gasteiger partial charge in [-0.25, -0.2) is 14.6 Å². The molecule has 0 spiro atoms. The van der Waals surface area contributed by atoms with Gasteiger partial charge in [0.1, 0.15) is 5.75 Å². The Morgan fingerprint density at radius 1 is 1.03 bits per heavy atom. The van der Waals surface area contributed by atoms with Gasteiger partial charge in [-0.1, -0.05) is 11.2 Å². The first-order valence-corrected chi connectivity index (χ1v) is 10.5. The van der Waals surface area contributed by atoms with Crippen molar-refractivity contribution in [3.63, 3.8) is 0 Å². The van der Waals surface area contributed by atoms with Gasteiger partial charge in [-0.3, -0.25) is 9.59 Å². The highest BCUT2D eigenvalue weighted by Crippen LogP contribution is 2.33. The van der Waals surface area contributed by atoms with Gasteiger partial charge in [0, 0.05) is 18.4 Å². The third kappa shape index (κ3) is 6.14. The first-order valence-electron chi connectivity index (χ1n) is 10.5. The largest absolute Gasteiger partial charge is 0.481 e. The number of carboxylic acids is 3. The number of benzene rings is 2. The Labute approximate surface area is 203 Å². The number of aryl methyl sites for hydroxylation is 1. The van der Waals surface area contributed by atoms with Crippen LogP contribution in [0.25, 0.3) is 0 Å². The second-order valence-electron chi connectivity index (χ2n) is 7.86. The molecule has 1 aliphatic heterocycles. The summed E-state index contributed by atoms with van der Waals surface area (Å²) in [6, 6.07) is 10.3. The van der Waals surface area contributed by atoms with Crippen LogP contribution in [0, 0.1) is 0 Å². The molecule has 0 saturated heterocycles. The molecule has 0 fully saturated rings. The van der Waals surface area contributed by atoms with Crippen molar-refractivity contribution in [1.29, 1.82) is 0 Å². The lowest BCUT2D eigenvalue weighted by Gasteiger charge is -2.19. The molecule has 0 saturated carbocycles. The van der Waals surface area contributed by atoms with Crippen molar-refractivity contribution in [2.75, 3.05) is 0 Å². The van der Waals surface area contributed by atoms with Crippen LogP contribution in [0.5, 0.6) is 5.75 Å². The van der Waals surface area contributed by atoms with Crippen LogP contribution in [0.2, 0.25) is 0 Å². The zero-order chi connectivity index (χ0) is 26.5. The minimum atomic E-state index is -2.12. The van der Waals surface area contributed by atoms with Crippen molar-refractivity contribution >= 4 is 41.2 Å².